The molecule has 0 aliphatic heterocycles. The minimum Gasteiger partial charge on any atom is -0.453 e. The lowest BCUT2D eigenvalue weighted by Gasteiger charge is -2.27. The fourth-order valence-corrected chi connectivity index (χ4v) is 8.35. The average molecular weight is 461 g/mol. The standard InChI is InChI=1S/C26H42N2OP2/c1-19(2)30(20(3)4)17-27-23-13-9-11-15-25(23)29-26-16-12-10-14-24(26)28-18-31(21(5)6)22(7)8/h9-16,19-22,27-28H,17-18H2,1-8H3. The van der Waals surface area contributed by atoms with Gasteiger partial charge in [-0.15, -0.1) is 0 Å². The van der Waals surface area contributed by atoms with Gasteiger partial charge in [-0.25, -0.2) is 0 Å². The lowest BCUT2D eigenvalue weighted by atomic mass is 10.2. The second kappa shape index (κ2) is 12.7. The number of benzene rings is 2. The number of para-hydroxylation sites is 4. The lowest BCUT2D eigenvalue weighted by Crippen LogP contribution is -2.13. The van der Waals surface area contributed by atoms with Gasteiger partial charge in [0.25, 0.3) is 0 Å². The van der Waals surface area contributed by atoms with Crippen LogP contribution in [-0.2, 0) is 0 Å². The zero-order chi connectivity index (χ0) is 23.0. The molecule has 2 N–H and O–H groups in total. The van der Waals surface area contributed by atoms with Crippen molar-refractivity contribution < 1.29 is 4.74 Å². The first-order valence-corrected chi connectivity index (χ1v) is 14.9. The summed E-state index contributed by atoms with van der Waals surface area (Å²) in [6.07, 6.45) is 2.02. The summed E-state index contributed by atoms with van der Waals surface area (Å²) in [4.78, 5) is 0. The Morgan fingerprint density at radius 2 is 0.903 bits per heavy atom. The number of anilines is 2. The van der Waals surface area contributed by atoms with Crippen LogP contribution in [0.4, 0.5) is 11.4 Å². The Bertz CT molecular complexity index is 711. The molecule has 0 aromatic heterocycles. The van der Waals surface area contributed by atoms with Gasteiger partial charge < -0.3 is 15.4 Å². The molecule has 0 saturated carbocycles. The van der Waals surface area contributed by atoms with E-state index in [4.69, 9.17) is 4.74 Å². The van der Waals surface area contributed by atoms with E-state index < -0.39 is 0 Å². The van der Waals surface area contributed by atoms with E-state index in [1.54, 1.807) is 0 Å². The molecule has 0 heterocycles. The van der Waals surface area contributed by atoms with E-state index in [1.807, 2.05) is 12.1 Å². The lowest BCUT2D eigenvalue weighted by molar-refractivity contribution is 0.486. The van der Waals surface area contributed by atoms with E-state index in [0.717, 1.165) is 35.4 Å². The number of hydrogen-bond donors (Lipinski definition) is 2. The van der Waals surface area contributed by atoms with Crippen LogP contribution in [0, 0.1) is 0 Å². The van der Waals surface area contributed by atoms with Crippen LogP contribution >= 0.6 is 15.8 Å². The highest BCUT2D eigenvalue weighted by atomic mass is 31.1. The molecular weight excluding hydrogens is 418 g/mol. The van der Waals surface area contributed by atoms with Crippen LogP contribution < -0.4 is 15.4 Å². The normalized spacial score (nSPS) is 11.9. The largest absolute Gasteiger partial charge is 0.453 e. The molecule has 0 aliphatic rings. The van der Waals surface area contributed by atoms with Crippen LogP contribution in [0.3, 0.4) is 0 Å². The Labute approximate surface area is 193 Å². The summed E-state index contributed by atoms with van der Waals surface area (Å²) >= 11 is 0. The fourth-order valence-electron chi connectivity index (χ4n) is 3.80. The SMILES string of the molecule is CC(C)P(CNc1ccccc1Oc1ccccc1NCP(C(C)C)C(C)C)C(C)C. The van der Waals surface area contributed by atoms with Crippen LogP contribution in [-0.4, -0.2) is 35.2 Å². The van der Waals surface area contributed by atoms with Crippen LogP contribution in [0.1, 0.15) is 55.4 Å². The smallest absolute Gasteiger partial charge is 0.150 e. The van der Waals surface area contributed by atoms with Gasteiger partial charge in [-0.05, 0) is 46.9 Å². The highest BCUT2D eigenvalue weighted by molar-refractivity contribution is 7.59. The Hall–Kier alpha value is -1.30. The molecule has 0 fully saturated rings. The monoisotopic (exact) mass is 460 g/mol. The van der Waals surface area contributed by atoms with Gasteiger partial charge in [-0.1, -0.05) is 95.5 Å². The summed E-state index contributed by atoms with van der Waals surface area (Å²) in [6.45, 7) is 18.7. The number of hydrogen-bond acceptors (Lipinski definition) is 3. The first-order valence-electron chi connectivity index (χ1n) is 11.6. The third kappa shape index (κ3) is 7.96. The second-order valence-electron chi connectivity index (χ2n) is 9.17. The van der Waals surface area contributed by atoms with Crippen LogP contribution in [0.15, 0.2) is 48.5 Å². The van der Waals surface area contributed by atoms with Crippen LogP contribution in [0.25, 0.3) is 0 Å². The van der Waals surface area contributed by atoms with Crippen molar-refractivity contribution in [3.05, 3.63) is 48.5 Å². The minimum absolute atomic E-state index is 0.0828. The van der Waals surface area contributed by atoms with Crippen LogP contribution in [0.5, 0.6) is 11.5 Å². The third-order valence-corrected chi connectivity index (χ3v) is 11.9. The summed E-state index contributed by atoms with van der Waals surface area (Å²) in [6, 6.07) is 16.6. The van der Waals surface area contributed by atoms with Gasteiger partial charge in [-0.2, -0.15) is 0 Å². The topological polar surface area (TPSA) is 33.3 Å². The zero-order valence-electron chi connectivity index (χ0n) is 20.6. The molecule has 0 aliphatic carbocycles. The Morgan fingerprint density at radius 1 is 0.581 bits per heavy atom. The molecule has 0 saturated heterocycles. The van der Waals surface area contributed by atoms with Gasteiger partial charge in [0.05, 0.1) is 11.4 Å². The summed E-state index contributed by atoms with van der Waals surface area (Å²) in [5.41, 5.74) is 4.96. The maximum absolute atomic E-state index is 6.44. The Balaban J connectivity index is 2.15. The fraction of sp³-hybridized carbons (Fsp3) is 0.538. The van der Waals surface area contributed by atoms with Crippen molar-refractivity contribution in [2.75, 3.05) is 23.2 Å². The highest BCUT2D eigenvalue weighted by Crippen LogP contribution is 2.47. The van der Waals surface area contributed by atoms with E-state index in [0.29, 0.717) is 22.6 Å². The molecule has 2 aromatic carbocycles. The Kier molecular flexibility index (Phi) is 10.6. The van der Waals surface area contributed by atoms with Gasteiger partial charge in [-0.3, -0.25) is 0 Å². The summed E-state index contributed by atoms with van der Waals surface area (Å²) in [7, 11) is -0.166. The van der Waals surface area contributed by atoms with E-state index >= 15 is 0 Å². The molecule has 2 aromatic rings. The number of nitrogens with one attached hydrogen (secondary N) is 2. The van der Waals surface area contributed by atoms with Gasteiger partial charge >= 0.3 is 0 Å². The van der Waals surface area contributed by atoms with E-state index in [2.05, 4.69) is 102 Å². The van der Waals surface area contributed by atoms with Crippen molar-refractivity contribution in [2.24, 2.45) is 0 Å². The van der Waals surface area contributed by atoms with Crippen molar-refractivity contribution in [1.29, 1.82) is 0 Å². The predicted molar refractivity (Wildman–Crippen MR) is 144 cm³/mol. The molecular formula is C26H42N2OP2. The molecule has 0 unspecified atom stereocenters. The zero-order valence-corrected chi connectivity index (χ0v) is 22.4. The minimum atomic E-state index is -0.0828. The predicted octanol–water partition coefficient (Wildman–Crippen LogP) is 8.82. The third-order valence-electron chi connectivity index (χ3n) is 5.55. The second-order valence-corrected chi connectivity index (χ2v) is 16.0. The molecule has 2 rings (SSSR count). The molecule has 0 bridgehead atoms. The molecule has 31 heavy (non-hydrogen) atoms. The Morgan fingerprint density at radius 3 is 1.23 bits per heavy atom. The van der Waals surface area contributed by atoms with E-state index in [9.17, 15) is 0 Å². The van der Waals surface area contributed by atoms with Crippen molar-refractivity contribution in [2.45, 2.75) is 78.0 Å². The maximum Gasteiger partial charge on any atom is 0.150 e. The first-order chi connectivity index (χ1) is 14.7. The van der Waals surface area contributed by atoms with E-state index in [-0.39, 0.29) is 15.8 Å². The van der Waals surface area contributed by atoms with Crippen molar-refractivity contribution >= 4 is 27.2 Å². The van der Waals surface area contributed by atoms with Crippen LogP contribution in [0.2, 0.25) is 0 Å². The van der Waals surface area contributed by atoms with Crippen molar-refractivity contribution in [3.63, 3.8) is 0 Å². The van der Waals surface area contributed by atoms with Gasteiger partial charge in [0.2, 0.25) is 0 Å². The molecule has 0 radical (unpaired) electrons. The molecule has 0 amide bonds. The number of ether oxygens (including phenoxy) is 1. The first kappa shape index (κ1) is 26.0. The molecule has 5 heteroatoms. The van der Waals surface area contributed by atoms with Crippen molar-refractivity contribution in [3.8, 4) is 11.5 Å². The highest BCUT2D eigenvalue weighted by Gasteiger charge is 2.19. The number of rotatable bonds is 12. The molecule has 0 atom stereocenters. The van der Waals surface area contributed by atoms with Gasteiger partial charge in [0.15, 0.2) is 11.5 Å². The quantitative estimate of drug-likeness (QED) is 0.310. The van der Waals surface area contributed by atoms with E-state index in [1.165, 1.54) is 0 Å². The van der Waals surface area contributed by atoms with Gasteiger partial charge in [0, 0.05) is 12.6 Å². The molecule has 172 valence electrons. The van der Waals surface area contributed by atoms with Gasteiger partial charge in [0.1, 0.15) is 0 Å². The maximum atomic E-state index is 6.44. The summed E-state index contributed by atoms with van der Waals surface area (Å²) in [5.74, 6) is 1.77. The molecule has 0 spiro atoms. The molecule has 3 nitrogen and oxygen atoms in total. The summed E-state index contributed by atoms with van der Waals surface area (Å²) in [5, 5.41) is 7.36. The van der Waals surface area contributed by atoms with Crippen molar-refractivity contribution in [1.82, 2.24) is 0 Å². The average Bonchev–Trinajstić information content (AvgIpc) is 2.69. The summed E-state index contributed by atoms with van der Waals surface area (Å²) < 4.78 is 6.44.